The third kappa shape index (κ3) is 6.64. The van der Waals surface area contributed by atoms with Crippen LogP contribution in [-0.4, -0.2) is 60.6 Å². The Bertz CT molecular complexity index is 204. The Morgan fingerprint density at radius 2 is 1.76 bits per heavy atom. The van der Waals surface area contributed by atoms with Crippen LogP contribution in [0.1, 0.15) is 39.5 Å². The second-order valence-electron chi connectivity index (χ2n) is 4.62. The molecular formula is C13H28N2O2. The van der Waals surface area contributed by atoms with E-state index in [4.69, 9.17) is 5.11 Å². The quantitative estimate of drug-likeness (QED) is 0.665. The maximum Gasteiger partial charge on any atom is 0.222 e. The molecule has 0 radical (unpaired) electrons. The van der Waals surface area contributed by atoms with Crippen molar-refractivity contribution in [3.63, 3.8) is 0 Å². The lowest BCUT2D eigenvalue weighted by molar-refractivity contribution is -0.128. The van der Waals surface area contributed by atoms with Crippen molar-refractivity contribution in [2.24, 2.45) is 0 Å². The van der Waals surface area contributed by atoms with Crippen LogP contribution in [-0.2, 0) is 4.79 Å². The summed E-state index contributed by atoms with van der Waals surface area (Å²) in [5, 5.41) is 9.06. The van der Waals surface area contributed by atoms with Crippen LogP contribution in [0.3, 0.4) is 0 Å². The number of carbonyl (C=O) groups is 1. The Hall–Kier alpha value is -0.610. The summed E-state index contributed by atoms with van der Waals surface area (Å²) in [6.45, 7) is 6.14. The lowest BCUT2D eigenvalue weighted by atomic mass is 10.1. The van der Waals surface area contributed by atoms with Crippen LogP contribution in [0.15, 0.2) is 0 Å². The summed E-state index contributed by atoms with van der Waals surface area (Å²) in [5.74, 6) is 0.179. The zero-order chi connectivity index (χ0) is 13.3. The van der Waals surface area contributed by atoms with Gasteiger partial charge in [-0.25, -0.2) is 0 Å². The molecule has 0 bridgehead atoms. The molecule has 0 aliphatic rings. The fourth-order valence-corrected chi connectivity index (χ4v) is 2.07. The molecule has 0 atom stereocenters. The predicted molar refractivity (Wildman–Crippen MR) is 71.0 cm³/mol. The van der Waals surface area contributed by atoms with E-state index in [1.807, 2.05) is 0 Å². The molecule has 0 aromatic heterocycles. The Labute approximate surface area is 106 Å². The van der Waals surface area contributed by atoms with Gasteiger partial charge >= 0.3 is 0 Å². The maximum absolute atomic E-state index is 11.4. The summed E-state index contributed by atoms with van der Waals surface area (Å²) >= 11 is 0. The van der Waals surface area contributed by atoms with Gasteiger partial charge in [0.25, 0.3) is 0 Å². The molecule has 102 valence electrons. The van der Waals surface area contributed by atoms with E-state index in [-0.39, 0.29) is 12.5 Å². The molecule has 17 heavy (non-hydrogen) atoms. The monoisotopic (exact) mass is 244 g/mol. The second kappa shape index (κ2) is 9.42. The van der Waals surface area contributed by atoms with Crippen LogP contribution in [0.2, 0.25) is 0 Å². The first-order valence-corrected chi connectivity index (χ1v) is 6.61. The highest BCUT2D eigenvalue weighted by Gasteiger charge is 2.14. The molecular weight excluding hydrogens is 216 g/mol. The fraction of sp³-hybridized carbons (Fsp3) is 0.923. The smallest absolute Gasteiger partial charge is 0.222 e. The maximum atomic E-state index is 11.4. The molecule has 0 aromatic carbocycles. The SMILES string of the molecule is CCC(CC)N(CCO)CCCC(=O)N(C)C. The molecule has 0 saturated heterocycles. The molecule has 0 fully saturated rings. The number of hydrogen-bond acceptors (Lipinski definition) is 3. The summed E-state index contributed by atoms with van der Waals surface area (Å²) in [5.41, 5.74) is 0. The topological polar surface area (TPSA) is 43.8 Å². The molecule has 1 amide bonds. The number of carbonyl (C=O) groups excluding carboxylic acids is 1. The van der Waals surface area contributed by atoms with Gasteiger partial charge in [-0.05, 0) is 25.8 Å². The Morgan fingerprint density at radius 1 is 1.18 bits per heavy atom. The molecule has 0 unspecified atom stereocenters. The lowest BCUT2D eigenvalue weighted by Gasteiger charge is -2.29. The van der Waals surface area contributed by atoms with Gasteiger partial charge in [-0.15, -0.1) is 0 Å². The largest absolute Gasteiger partial charge is 0.395 e. The number of amides is 1. The third-order valence-electron chi connectivity index (χ3n) is 3.18. The van der Waals surface area contributed by atoms with E-state index in [2.05, 4.69) is 18.7 Å². The summed E-state index contributed by atoms with van der Waals surface area (Å²) in [7, 11) is 3.57. The first kappa shape index (κ1) is 16.4. The molecule has 0 heterocycles. The van der Waals surface area contributed by atoms with Crippen molar-refractivity contribution < 1.29 is 9.90 Å². The van der Waals surface area contributed by atoms with Gasteiger partial charge in [-0.2, -0.15) is 0 Å². The molecule has 0 saturated carbocycles. The van der Waals surface area contributed by atoms with Gasteiger partial charge in [-0.3, -0.25) is 9.69 Å². The Morgan fingerprint density at radius 3 is 2.18 bits per heavy atom. The minimum absolute atomic E-state index is 0.179. The van der Waals surface area contributed by atoms with Crippen LogP contribution in [0.25, 0.3) is 0 Å². The van der Waals surface area contributed by atoms with E-state index in [9.17, 15) is 4.79 Å². The number of rotatable bonds is 9. The van der Waals surface area contributed by atoms with Crippen molar-refractivity contribution in [1.29, 1.82) is 0 Å². The van der Waals surface area contributed by atoms with E-state index in [0.717, 1.165) is 25.8 Å². The Balaban J connectivity index is 4.04. The van der Waals surface area contributed by atoms with Crippen molar-refractivity contribution in [2.75, 3.05) is 33.8 Å². The number of nitrogens with zero attached hydrogens (tertiary/aromatic N) is 2. The number of hydrogen-bond donors (Lipinski definition) is 1. The van der Waals surface area contributed by atoms with Gasteiger partial charge in [0.05, 0.1) is 6.61 Å². The highest BCUT2D eigenvalue weighted by atomic mass is 16.3. The van der Waals surface area contributed by atoms with E-state index in [0.29, 0.717) is 19.0 Å². The summed E-state index contributed by atoms with van der Waals surface area (Å²) in [6, 6.07) is 0.525. The van der Waals surface area contributed by atoms with Crippen LogP contribution in [0, 0.1) is 0 Å². The summed E-state index contributed by atoms with van der Waals surface area (Å²) in [6.07, 6.45) is 3.65. The van der Waals surface area contributed by atoms with E-state index < -0.39 is 0 Å². The molecule has 0 aliphatic heterocycles. The van der Waals surface area contributed by atoms with Gasteiger partial charge in [0.15, 0.2) is 0 Å². The van der Waals surface area contributed by atoms with E-state index in [1.54, 1.807) is 19.0 Å². The van der Waals surface area contributed by atoms with Crippen molar-refractivity contribution in [3.05, 3.63) is 0 Å². The minimum atomic E-state index is 0.179. The molecule has 1 N–H and O–H groups in total. The summed E-state index contributed by atoms with van der Waals surface area (Å²) < 4.78 is 0. The van der Waals surface area contributed by atoms with Crippen molar-refractivity contribution >= 4 is 5.91 Å². The molecule has 4 heteroatoms. The van der Waals surface area contributed by atoms with Crippen LogP contribution < -0.4 is 0 Å². The minimum Gasteiger partial charge on any atom is -0.395 e. The number of aliphatic hydroxyl groups is 1. The zero-order valence-electron chi connectivity index (χ0n) is 11.8. The molecule has 0 aliphatic carbocycles. The highest BCUT2D eigenvalue weighted by molar-refractivity contribution is 5.75. The average molecular weight is 244 g/mol. The van der Waals surface area contributed by atoms with Crippen LogP contribution >= 0.6 is 0 Å². The molecule has 4 nitrogen and oxygen atoms in total. The molecule has 0 rings (SSSR count). The Kier molecular flexibility index (Phi) is 9.09. The zero-order valence-corrected chi connectivity index (χ0v) is 11.8. The number of aliphatic hydroxyl groups excluding tert-OH is 1. The van der Waals surface area contributed by atoms with Gasteiger partial charge in [0.2, 0.25) is 5.91 Å². The first-order chi connectivity index (χ1) is 8.06. The molecule has 0 spiro atoms. The highest BCUT2D eigenvalue weighted by Crippen LogP contribution is 2.09. The van der Waals surface area contributed by atoms with E-state index >= 15 is 0 Å². The normalized spacial score (nSPS) is 11.2. The first-order valence-electron chi connectivity index (χ1n) is 6.61. The van der Waals surface area contributed by atoms with Crippen molar-refractivity contribution in [1.82, 2.24) is 9.80 Å². The lowest BCUT2D eigenvalue weighted by Crippen LogP contribution is -2.37. The van der Waals surface area contributed by atoms with Crippen molar-refractivity contribution in [2.45, 2.75) is 45.6 Å². The van der Waals surface area contributed by atoms with Gasteiger partial charge < -0.3 is 10.0 Å². The van der Waals surface area contributed by atoms with Gasteiger partial charge in [0, 0.05) is 33.1 Å². The predicted octanol–water partition coefficient (Wildman–Crippen LogP) is 1.34. The van der Waals surface area contributed by atoms with E-state index in [1.165, 1.54) is 0 Å². The molecule has 0 aromatic rings. The third-order valence-corrected chi connectivity index (χ3v) is 3.18. The second-order valence-corrected chi connectivity index (χ2v) is 4.62. The van der Waals surface area contributed by atoms with Crippen LogP contribution in [0.4, 0.5) is 0 Å². The van der Waals surface area contributed by atoms with Gasteiger partial charge in [0.1, 0.15) is 0 Å². The van der Waals surface area contributed by atoms with Gasteiger partial charge in [-0.1, -0.05) is 13.8 Å². The standard InChI is InChI=1S/C13H28N2O2/c1-5-12(6-2)15(10-11-16)9-7-8-13(17)14(3)4/h12,16H,5-11H2,1-4H3. The van der Waals surface area contributed by atoms with Crippen LogP contribution in [0.5, 0.6) is 0 Å². The summed E-state index contributed by atoms with van der Waals surface area (Å²) in [4.78, 5) is 15.4. The average Bonchev–Trinajstić information content (AvgIpc) is 2.30. The van der Waals surface area contributed by atoms with Crippen molar-refractivity contribution in [3.8, 4) is 0 Å². The fourth-order valence-electron chi connectivity index (χ4n) is 2.07.